The van der Waals surface area contributed by atoms with Crippen molar-refractivity contribution in [2.75, 3.05) is 0 Å². The highest BCUT2D eigenvalue weighted by Crippen LogP contribution is 2.21. The molecule has 1 aliphatic carbocycles. The zero-order valence-corrected chi connectivity index (χ0v) is 8.86. The standard InChI is InChI=1S/C10H16N4O/c1-7-9(15-6-12-7)10(14-11)13-8-4-2-3-5-8/h6,8H,2-5,11H2,1H3,(H,13,14). The minimum atomic E-state index is 0.376. The highest BCUT2D eigenvalue weighted by molar-refractivity contribution is 5.96. The van der Waals surface area contributed by atoms with Gasteiger partial charge in [-0.1, -0.05) is 12.8 Å². The maximum atomic E-state index is 5.44. The number of nitrogens with two attached hydrogens (primary N) is 1. The molecule has 15 heavy (non-hydrogen) atoms. The van der Waals surface area contributed by atoms with Crippen LogP contribution in [0.3, 0.4) is 0 Å². The maximum Gasteiger partial charge on any atom is 0.193 e. The van der Waals surface area contributed by atoms with Gasteiger partial charge in [0.15, 0.2) is 18.0 Å². The molecule has 0 radical (unpaired) electrons. The van der Waals surface area contributed by atoms with Gasteiger partial charge in [0.1, 0.15) is 0 Å². The summed E-state index contributed by atoms with van der Waals surface area (Å²) in [6, 6.07) is 0.376. The molecule has 1 heterocycles. The predicted molar refractivity (Wildman–Crippen MR) is 57.4 cm³/mol. The lowest BCUT2D eigenvalue weighted by Gasteiger charge is -2.07. The van der Waals surface area contributed by atoms with E-state index in [2.05, 4.69) is 15.4 Å². The molecule has 0 bridgehead atoms. The third-order valence-electron chi connectivity index (χ3n) is 2.73. The zero-order valence-electron chi connectivity index (χ0n) is 8.86. The van der Waals surface area contributed by atoms with Crippen LogP contribution in [-0.4, -0.2) is 16.9 Å². The van der Waals surface area contributed by atoms with E-state index >= 15 is 0 Å². The van der Waals surface area contributed by atoms with Crippen molar-refractivity contribution in [2.24, 2.45) is 10.8 Å². The lowest BCUT2D eigenvalue weighted by Crippen LogP contribution is -2.32. The van der Waals surface area contributed by atoms with Gasteiger partial charge in [-0.3, -0.25) is 4.99 Å². The second kappa shape index (κ2) is 4.44. The smallest absolute Gasteiger partial charge is 0.193 e. The van der Waals surface area contributed by atoms with E-state index in [9.17, 15) is 0 Å². The minimum Gasteiger partial charge on any atom is -0.440 e. The second-order valence-electron chi connectivity index (χ2n) is 3.83. The molecule has 3 N–H and O–H groups in total. The topological polar surface area (TPSA) is 76.4 Å². The molecule has 1 aliphatic rings. The molecule has 0 aliphatic heterocycles. The summed E-state index contributed by atoms with van der Waals surface area (Å²) >= 11 is 0. The highest BCUT2D eigenvalue weighted by Gasteiger charge is 2.17. The Labute approximate surface area is 88.7 Å². The Bertz CT molecular complexity index is 352. The van der Waals surface area contributed by atoms with Crippen molar-refractivity contribution in [1.29, 1.82) is 0 Å². The number of nitrogens with one attached hydrogen (secondary N) is 1. The van der Waals surface area contributed by atoms with Crippen LogP contribution in [0, 0.1) is 6.92 Å². The SMILES string of the molecule is Cc1ncoc1C(=NC1CCCC1)NN. The number of nitrogens with zero attached hydrogens (tertiary/aromatic N) is 2. The van der Waals surface area contributed by atoms with Gasteiger partial charge >= 0.3 is 0 Å². The fourth-order valence-corrected chi connectivity index (χ4v) is 1.91. The molecule has 2 rings (SSSR count). The summed E-state index contributed by atoms with van der Waals surface area (Å²) in [6.07, 6.45) is 6.19. The van der Waals surface area contributed by atoms with Gasteiger partial charge in [0.2, 0.25) is 0 Å². The number of oxazole rings is 1. The number of aliphatic imine (C=N–C) groups is 1. The molecule has 0 unspecified atom stereocenters. The Kier molecular flexibility index (Phi) is 3.01. The van der Waals surface area contributed by atoms with Crippen molar-refractivity contribution in [2.45, 2.75) is 38.6 Å². The zero-order chi connectivity index (χ0) is 10.7. The normalized spacial score (nSPS) is 18.4. The van der Waals surface area contributed by atoms with Gasteiger partial charge in [0.25, 0.3) is 0 Å². The van der Waals surface area contributed by atoms with Gasteiger partial charge in [-0.2, -0.15) is 0 Å². The van der Waals surface area contributed by atoms with Crippen LogP contribution < -0.4 is 11.3 Å². The monoisotopic (exact) mass is 208 g/mol. The van der Waals surface area contributed by atoms with Crippen molar-refractivity contribution in [3.63, 3.8) is 0 Å². The van der Waals surface area contributed by atoms with E-state index in [0.717, 1.165) is 18.5 Å². The summed E-state index contributed by atoms with van der Waals surface area (Å²) in [5.41, 5.74) is 3.40. The molecule has 0 spiro atoms. The summed E-state index contributed by atoms with van der Waals surface area (Å²) < 4.78 is 5.24. The van der Waals surface area contributed by atoms with E-state index in [1.165, 1.54) is 19.2 Å². The molecular formula is C10H16N4O. The first-order chi connectivity index (χ1) is 7.31. The van der Waals surface area contributed by atoms with Crippen LogP contribution >= 0.6 is 0 Å². The first kappa shape index (κ1) is 10.2. The van der Waals surface area contributed by atoms with Crippen LogP contribution in [0.2, 0.25) is 0 Å². The lowest BCUT2D eigenvalue weighted by atomic mass is 10.2. The fraction of sp³-hybridized carbons (Fsp3) is 0.600. The first-order valence-corrected chi connectivity index (χ1v) is 5.26. The van der Waals surface area contributed by atoms with Crippen LogP contribution in [0.4, 0.5) is 0 Å². The third-order valence-corrected chi connectivity index (χ3v) is 2.73. The largest absolute Gasteiger partial charge is 0.440 e. The molecule has 5 heteroatoms. The molecule has 82 valence electrons. The molecular weight excluding hydrogens is 192 g/mol. The fourth-order valence-electron chi connectivity index (χ4n) is 1.91. The van der Waals surface area contributed by atoms with Gasteiger partial charge in [-0.15, -0.1) is 0 Å². The van der Waals surface area contributed by atoms with Crippen molar-refractivity contribution in [1.82, 2.24) is 10.4 Å². The molecule has 0 aromatic carbocycles. The number of hydrogen-bond donors (Lipinski definition) is 2. The molecule has 1 aromatic heterocycles. The Balaban J connectivity index is 2.19. The van der Waals surface area contributed by atoms with Crippen molar-refractivity contribution in [3.05, 3.63) is 17.8 Å². The Hall–Kier alpha value is -1.36. The van der Waals surface area contributed by atoms with E-state index < -0.39 is 0 Å². The van der Waals surface area contributed by atoms with Crippen molar-refractivity contribution in [3.8, 4) is 0 Å². The van der Waals surface area contributed by atoms with E-state index in [1.807, 2.05) is 6.92 Å². The van der Waals surface area contributed by atoms with E-state index in [4.69, 9.17) is 10.3 Å². The third kappa shape index (κ3) is 2.18. The van der Waals surface area contributed by atoms with Gasteiger partial charge in [-0.05, 0) is 19.8 Å². The van der Waals surface area contributed by atoms with Crippen LogP contribution in [-0.2, 0) is 0 Å². The Morgan fingerprint density at radius 2 is 2.33 bits per heavy atom. The van der Waals surface area contributed by atoms with Crippen LogP contribution in [0.15, 0.2) is 15.8 Å². The lowest BCUT2D eigenvalue weighted by molar-refractivity contribution is 0.542. The van der Waals surface area contributed by atoms with Crippen LogP contribution in [0.1, 0.15) is 37.1 Å². The quantitative estimate of drug-likeness (QED) is 0.330. The molecule has 5 nitrogen and oxygen atoms in total. The average molecular weight is 208 g/mol. The molecule has 1 aromatic rings. The summed E-state index contributed by atoms with van der Waals surface area (Å²) in [5.74, 6) is 6.69. The number of hydrazine groups is 1. The minimum absolute atomic E-state index is 0.376. The molecule has 0 amide bonds. The molecule has 1 fully saturated rings. The molecule has 1 saturated carbocycles. The second-order valence-corrected chi connectivity index (χ2v) is 3.83. The Morgan fingerprint density at radius 3 is 2.87 bits per heavy atom. The number of rotatable bonds is 2. The number of aromatic nitrogens is 1. The van der Waals surface area contributed by atoms with Crippen molar-refractivity contribution < 1.29 is 4.42 Å². The van der Waals surface area contributed by atoms with Gasteiger partial charge in [0.05, 0.1) is 11.7 Å². The van der Waals surface area contributed by atoms with Crippen molar-refractivity contribution >= 4 is 5.84 Å². The summed E-state index contributed by atoms with van der Waals surface area (Å²) in [5, 5.41) is 0. The van der Waals surface area contributed by atoms with Gasteiger partial charge in [0, 0.05) is 0 Å². The summed E-state index contributed by atoms with van der Waals surface area (Å²) in [7, 11) is 0. The van der Waals surface area contributed by atoms with Crippen LogP contribution in [0.5, 0.6) is 0 Å². The average Bonchev–Trinajstić information content (AvgIpc) is 2.85. The number of aryl methyl sites for hydroxylation is 1. The Morgan fingerprint density at radius 1 is 1.60 bits per heavy atom. The van der Waals surface area contributed by atoms with E-state index in [0.29, 0.717) is 17.6 Å². The van der Waals surface area contributed by atoms with Crippen LogP contribution in [0.25, 0.3) is 0 Å². The first-order valence-electron chi connectivity index (χ1n) is 5.26. The predicted octanol–water partition coefficient (Wildman–Crippen LogP) is 1.14. The summed E-state index contributed by atoms with van der Waals surface area (Å²) in [4.78, 5) is 8.56. The molecule has 0 saturated heterocycles. The number of amidine groups is 1. The van der Waals surface area contributed by atoms with E-state index in [1.54, 1.807) is 0 Å². The molecule has 0 atom stereocenters. The van der Waals surface area contributed by atoms with E-state index in [-0.39, 0.29) is 0 Å². The van der Waals surface area contributed by atoms with Gasteiger partial charge in [-0.25, -0.2) is 10.8 Å². The summed E-state index contributed by atoms with van der Waals surface area (Å²) in [6.45, 7) is 1.88. The maximum absolute atomic E-state index is 5.44. The van der Waals surface area contributed by atoms with Gasteiger partial charge < -0.3 is 9.84 Å². The number of hydrogen-bond acceptors (Lipinski definition) is 4. The highest BCUT2D eigenvalue weighted by atomic mass is 16.3.